The van der Waals surface area contributed by atoms with Crippen LogP contribution < -0.4 is 49.1 Å². The van der Waals surface area contributed by atoms with E-state index in [4.69, 9.17) is 17.2 Å². The quantitative estimate of drug-likeness (QED) is 0.0409. The Morgan fingerprint density at radius 1 is 0.571 bits per heavy atom. The lowest BCUT2D eigenvalue weighted by Gasteiger charge is -2.28. The molecule has 0 aliphatic carbocycles. The Morgan fingerprint density at radius 3 is 1.38 bits per heavy atom. The summed E-state index contributed by atoms with van der Waals surface area (Å²) < 4.78 is 0. The first kappa shape index (κ1) is 51.9. The van der Waals surface area contributed by atoms with E-state index >= 15 is 0 Å². The monoisotopic (exact) mass is 833 g/mol. The minimum Gasteiger partial charge on any atom is -0.480 e. The first-order valence-corrected chi connectivity index (χ1v) is 21.3. The van der Waals surface area contributed by atoms with Crippen LogP contribution in [0.3, 0.4) is 0 Å². The Bertz CT molecular complexity index is 1360. The molecule has 0 aliphatic heterocycles. The molecule has 0 saturated heterocycles. The highest BCUT2D eigenvalue weighted by Gasteiger charge is 2.34. The van der Waals surface area contributed by atoms with E-state index in [-0.39, 0.29) is 50.4 Å². The van der Waals surface area contributed by atoms with Gasteiger partial charge in [-0.3, -0.25) is 38.4 Å². The molecule has 0 rings (SSSR count). The van der Waals surface area contributed by atoms with E-state index in [1.54, 1.807) is 19.4 Å². The normalized spacial score (nSPS) is 15.4. The van der Waals surface area contributed by atoms with E-state index in [1.807, 2.05) is 20.8 Å². The Morgan fingerprint density at radius 2 is 0.982 bits per heavy atom. The number of nitrogens with two attached hydrogens (primary N) is 3. The predicted octanol–water partition coefficient (Wildman–Crippen LogP) is -1.54. The number of thioether (sulfide) groups is 2. The molecule has 0 aromatic rings. The Balaban J connectivity index is 6.18. The minimum atomic E-state index is -1.47. The van der Waals surface area contributed by atoms with Gasteiger partial charge in [0.25, 0.3) is 0 Å². The van der Waals surface area contributed by atoms with Crippen LogP contribution in [0.15, 0.2) is 0 Å². The van der Waals surface area contributed by atoms with Gasteiger partial charge in [0.2, 0.25) is 47.3 Å². The highest BCUT2D eigenvalue weighted by atomic mass is 32.2. The predicted molar refractivity (Wildman–Crippen MR) is 215 cm³/mol. The molecule has 0 aromatic carbocycles. The van der Waals surface area contributed by atoms with Crippen LogP contribution in [0.2, 0.25) is 0 Å². The topological polar surface area (TPSA) is 324 Å². The third-order valence-electron chi connectivity index (χ3n) is 8.70. The van der Waals surface area contributed by atoms with E-state index < -0.39 is 95.5 Å². The number of hydrogen-bond acceptors (Lipinski definition) is 12. The molecule has 0 aromatic heterocycles. The second kappa shape index (κ2) is 27.5. The lowest BCUT2D eigenvalue weighted by molar-refractivity contribution is -0.142. The van der Waals surface area contributed by atoms with Crippen LogP contribution in [0.5, 0.6) is 0 Å². The minimum absolute atomic E-state index is 0.0946. The second-order valence-corrected chi connectivity index (χ2v) is 16.0. The summed E-state index contributed by atoms with van der Waals surface area (Å²) in [4.78, 5) is 115. The number of amides is 8. The molecule has 19 nitrogen and oxygen atoms in total. The third-order valence-corrected chi connectivity index (χ3v) is 9.99. The van der Waals surface area contributed by atoms with Crippen LogP contribution in [-0.2, 0) is 43.2 Å². The molecule has 0 spiro atoms. The SMILES string of the molecule is CC[C@H](C)[C@H](NC(=O)[C@@H](N)CC(C)C)C(=O)N[C@@H](C)C(=O)N[C@@H](CCC(N)=O)C(=O)N[C@@H](CCC(N)=O)C(=O)N[C@@H](CCSC)C(=O)N[C@@H](CCSC)C(=O)O. The summed E-state index contributed by atoms with van der Waals surface area (Å²) in [7, 11) is 0. The Labute approximate surface area is 337 Å². The number of rotatable bonds is 29. The standard InChI is InChI=1S/C35H63N9O10S2/c1-8-19(4)28(44-30(48)21(36)17-18(2)3)34(52)39-20(5)29(47)40-22(9-11-26(37)45)31(49)41-23(10-12-27(38)46)32(50)42-24(13-15-55-6)33(51)43-25(35(53)54)14-16-56-7/h18-25,28H,8-17,36H2,1-7H3,(H2,37,45)(H2,38,46)(H,39,52)(H,40,47)(H,41,49)(H,42,50)(H,43,51)(H,44,48)(H,53,54)/t19-,20-,21-,22-,23-,24-,25-,28-/m0/s1. The van der Waals surface area contributed by atoms with Crippen molar-refractivity contribution in [1.82, 2.24) is 31.9 Å². The molecule has 0 aliphatic rings. The van der Waals surface area contributed by atoms with E-state index in [2.05, 4.69) is 31.9 Å². The number of carbonyl (C=O) groups is 9. The maximum Gasteiger partial charge on any atom is 0.326 e. The zero-order valence-electron chi connectivity index (χ0n) is 33.4. The van der Waals surface area contributed by atoms with Gasteiger partial charge in [0, 0.05) is 12.8 Å². The highest BCUT2D eigenvalue weighted by Crippen LogP contribution is 2.11. The lowest BCUT2D eigenvalue weighted by Crippen LogP contribution is -2.60. The van der Waals surface area contributed by atoms with E-state index in [0.29, 0.717) is 24.3 Å². The van der Waals surface area contributed by atoms with Gasteiger partial charge in [-0.2, -0.15) is 23.5 Å². The maximum atomic E-state index is 13.6. The zero-order valence-corrected chi connectivity index (χ0v) is 35.1. The summed E-state index contributed by atoms with van der Waals surface area (Å²) in [6.45, 7) is 8.71. The number of primary amides is 2. The number of carbonyl (C=O) groups excluding carboxylic acids is 8. The molecule has 0 fully saturated rings. The molecule has 8 atom stereocenters. The van der Waals surface area contributed by atoms with Crippen LogP contribution in [0.1, 0.15) is 86.0 Å². The van der Waals surface area contributed by atoms with Crippen molar-refractivity contribution in [1.29, 1.82) is 0 Å². The molecule has 0 radical (unpaired) electrons. The number of hydrogen-bond donors (Lipinski definition) is 10. The summed E-state index contributed by atoms with van der Waals surface area (Å²) in [5.74, 6) is -6.91. The molecule has 56 heavy (non-hydrogen) atoms. The van der Waals surface area contributed by atoms with Gasteiger partial charge in [-0.1, -0.05) is 34.1 Å². The molecule has 320 valence electrons. The summed E-state index contributed by atoms with van der Waals surface area (Å²) in [5, 5.41) is 24.7. The van der Waals surface area contributed by atoms with Crippen molar-refractivity contribution in [3.8, 4) is 0 Å². The van der Waals surface area contributed by atoms with Gasteiger partial charge in [0.1, 0.15) is 36.3 Å². The Hall–Kier alpha value is -4.11. The average molecular weight is 834 g/mol. The largest absolute Gasteiger partial charge is 0.480 e. The summed E-state index contributed by atoms with van der Waals surface area (Å²) in [6, 6.07) is -8.53. The van der Waals surface area contributed by atoms with Gasteiger partial charge >= 0.3 is 5.97 Å². The lowest BCUT2D eigenvalue weighted by atomic mass is 9.96. The summed E-state index contributed by atoms with van der Waals surface area (Å²) >= 11 is 2.76. The first-order chi connectivity index (χ1) is 26.2. The molecule has 13 N–H and O–H groups in total. The first-order valence-electron chi connectivity index (χ1n) is 18.5. The van der Waals surface area contributed by atoms with Crippen molar-refractivity contribution in [2.24, 2.45) is 29.0 Å². The van der Waals surface area contributed by atoms with Crippen LogP contribution >= 0.6 is 23.5 Å². The van der Waals surface area contributed by atoms with Crippen molar-refractivity contribution in [2.75, 3.05) is 24.0 Å². The molecule has 0 bridgehead atoms. The van der Waals surface area contributed by atoms with Crippen LogP contribution in [0.25, 0.3) is 0 Å². The average Bonchev–Trinajstić information content (AvgIpc) is 3.12. The maximum absolute atomic E-state index is 13.6. The van der Waals surface area contributed by atoms with Gasteiger partial charge in [0.15, 0.2) is 0 Å². The van der Waals surface area contributed by atoms with Gasteiger partial charge in [-0.25, -0.2) is 4.79 Å². The molecule has 21 heteroatoms. The fourth-order valence-corrected chi connectivity index (χ4v) is 6.11. The molecule has 0 unspecified atom stereocenters. The summed E-state index contributed by atoms with van der Waals surface area (Å²) in [5.41, 5.74) is 16.6. The van der Waals surface area contributed by atoms with E-state index in [0.717, 1.165) is 0 Å². The third kappa shape index (κ3) is 20.7. The second-order valence-electron chi connectivity index (χ2n) is 14.0. The van der Waals surface area contributed by atoms with Crippen molar-refractivity contribution >= 4 is 76.8 Å². The Kier molecular flexibility index (Phi) is 25.5. The van der Waals surface area contributed by atoms with Gasteiger partial charge in [0.05, 0.1) is 6.04 Å². The van der Waals surface area contributed by atoms with Crippen molar-refractivity contribution in [3.05, 3.63) is 0 Å². The van der Waals surface area contributed by atoms with Gasteiger partial charge < -0.3 is 54.2 Å². The summed E-state index contributed by atoms with van der Waals surface area (Å²) in [6.07, 6.45) is 3.30. The van der Waals surface area contributed by atoms with Crippen molar-refractivity contribution < 1.29 is 48.3 Å². The number of carboxylic acid groups (broad SMARTS) is 1. The molecule has 0 heterocycles. The van der Waals surface area contributed by atoms with Crippen LogP contribution in [0, 0.1) is 11.8 Å². The fraction of sp³-hybridized carbons (Fsp3) is 0.743. The molecule has 8 amide bonds. The van der Waals surface area contributed by atoms with E-state index in [1.165, 1.54) is 30.4 Å². The smallest absolute Gasteiger partial charge is 0.326 e. The molecular formula is C35H63N9O10S2. The van der Waals surface area contributed by atoms with Gasteiger partial charge in [-0.15, -0.1) is 0 Å². The van der Waals surface area contributed by atoms with Crippen LogP contribution in [-0.4, -0.2) is 125 Å². The van der Waals surface area contributed by atoms with Crippen molar-refractivity contribution in [3.63, 3.8) is 0 Å². The zero-order chi connectivity index (χ0) is 43.1. The van der Waals surface area contributed by atoms with Crippen molar-refractivity contribution in [2.45, 2.75) is 128 Å². The number of aliphatic carboxylic acids is 1. The molecular weight excluding hydrogens is 771 g/mol. The fourth-order valence-electron chi connectivity index (χ4n) is 5.17. The highest BCUT2D eigenvalue weighted by molar-refractivity contribution is 7.98. The van der Waals surface area contributed by atoms with Crippen LogP contribution in [0.4, 0.5) is 0 Å². The molecule has 0 saturated carbocycles. The van der Waals surface area contributed by atoms with Gasteiger partial charge in [-0.05, 0) is 74.9 Å². The van der Waals surface area contributed by atoms with E-state index in [9.17, 15) is 48.3 Å². The number of carboxylic acids is 1. The number of nitrogens with one attached hydrogen (secondary N) is 6.